The van der Waals surface area contributed by atoms with Crippen LogP contribution in [-0.2, 0) is 14.3 Å². The minimum atomic E-state index is -0.614. The van der Waals surface area contributed by atoms with Crippen molar-refractivity contribution in [2.24, 2.45) is 0 Å². The first kappa shape index (κ1) is 22.0. The molecule has 0 saturated carbocycles. The summed E-state index contributed by atoms with van der Waals surface area (Å²) in [4.78, 5) is 24.1. The van der Waals surface area contributed by atoms with Crippen LogP contribution in [0.3, 0.4) is 0 Å². The Hall–Kier alpha value is -3.28. The summed E-state index contributed by atoms with van der Waals surface area (Å²) in [6.45, 7) is 3.83. The topological polar surface area (TPSA) is 73.9 Å². The standard InChI is InChI=1S/C23H27NO5/c1-5-16(2)20-8-6-7-9-21(20)24-22(25)15-29-23(26)11-10-17-12-18(27-3)14-19(13-17)28-4/h6-14,16H,5,15H2,1-4H3,(H,24,25)/b11-10+/t16-/m0/s1. The molecule has 0 spiro atoms. The minimum absolute atomic E-state index is 0.317. The zero-order valence-electron chi connectivity index (χ0n) is 17.2. The van der Waals surface area contributed by atoms with E-state index in [9.17, 15) is 9.59 Å². The van der Waals surface area contributed by atoms with Gasteiger partial charge in [-0.3, -0.25) is 4.79 Å². The number of esters is 1. The number of amides is 1. The molecule has 29 heavy (non-hydrogen) atoms. The van der Waals surface area contributed by atoms with Crippen LogP contribution >= 0.6 is 0 Å². The van der Waals surface area contributed by atoms with E-state index in [0.29, 0.717) is 23.0 Å². The van der Waals surface area contributed by atoms with Gasteiger partial charge < -0.3 is 19.5 Å². The Bertz CT molecular complexity index is 853. The average Bonchev–Trinajstić information content (AvgIpc) is 2.75. The smallest absolute Gasteiger partial charge is 0.331 e. The normalized spacial score (nSPS) is 11.7. The molecule has 0 fully saturated rings. The molecule has 0 aromatic heterocycles. The highest BCUT2D eigenvalue weighted by Gasteiger charge is 2.12. The highest BCUT2D eigenvalue weighted by molar-refractivity contribution is 5.95. The van der Waals surface area contributed by atoms with Gasteiger partial charge in [0.1, 0.15) is 11.5 Å². The zero-order chi connectivity index (χ0) is 21.2. The number of hydrogen-bond acceptors (Lipinski definition) is 5. The van der Waals surface area contributed by atoms with Crippen LogP contribution < -0.4 is 14.8 Å². The van der Waals surface area contributed by atoms with Gasteiger partial charge in [-0.2, -0.15) is 0 Å². The SMILES string of the molecule is CC[C@H](C)c1ccccc1NC(=O)COC(=O)/C=C/c1cc(OC)cc(OC)c1. The number of carbonyl (C=O) groups excluding carboxylic acids is 2. The summed E-state index contributed by atoms with van der Waals surface area (Å²) in [6, 6.07) is 12.9. The number of anilines is 1. The summed E-state index contributed by atoms with van der Waals surface area (Å²) in [5, 5.41) is 2.81. The van der Waals surface area contributed by atoms with Crippen LogP contribution in [0, 0.1) is 0 Å². The maximum Gasteiger partial charge on any atom is 0.331 e. The fourth-order valence-electron chi connectivity index (χ4n) is 2.72. The third kappa shape index (κ3) is 6.68. The van der Waals surface area contributed by atoms with Crippen LogP contribution in [0.5, 0.6) is 11.5 Å². The van der Waals surface area contributed by atoms with Crippen LogP contribution in [0.15, 0.2) is 48.5 Å². The number of ether oxygens (including phenoxy) is 3. The van der Waals surface area contributed by atoms with Crippen LogP contribution in [0.25, 0.3) is 6.08 Å². The predicted molar refractivity (Wildman–Crippen MR) is 113 cm³/mol. The molecule has 0 aliphatic heterocycles. The van der Waals surface area contributed by atoms with Crippen molar-refractivity contribution in [3.8, 4) is 11.5 Å². The van der Waals surface area contributed by atoms with Gasteiger partial charge in [0.15, 0.2) is 6.61 Å². The van der Waals surface area contributed by atoms with Crippen molar-refractivity contribution in [1.29, 1.82) is 0 Å². The third-order valence-corrected chi connectivity index (χ3v) is 4.51. The van der Waals surface area contributed by atoms with E-state index in [1.807, 2.05) is 24.3 Å². The van der Waals surface area contributed by atoms with Gasteiger partial charge in [-0.25, -0.2) is 4.79 Å². The van der Waals surface area contributed by atoms with Crippen molar-refractivity contribution >= 4 is 23.6 Å². The lowest BCUT2D eigenvalue weighted by atomic mass is 9.97. The van der Waals surface area contributed by atoms with Crippen molar-refractivity contribution in [3.63, 3.8) is 0 Å². The largest absolute Gasteiger partial charge is 0.497 e. The van der Waals surface area contributed by atoms with Crippen molar-refractivity contribution in [3.05, 3.63) is 59.7 Å². The van der Waals surface area contributed by atoms with E-state index in [1.165, 1.54) is 6.08 Å². The van der Waals surface area contributed by atoms with Crippen molar-refractivity contribution < 1.29 is 23.8 Å². The molecule has 0 saturated heterocycles. The summed E-state index contributed by atoms with van der Waals surface area (Å²) in [5.41, 5.74) is 2.51. The summed E-state index contributed by atoms with van der Waals surface area (Å²) < 4.78 is 15.4. The number of methoxy groups -OCH3 is 2. The van der Waals surface area contributed by atoms with Crippen LogP contribution in [0.2, 0.25) is 0 Å². The number of nitrogens with one attached hydrogen (secondary N) is 1. The monoisotopic (exact) mass is 397 g/mol. The Labute approximate surface area is 171 Å². The molecule has 0 radical (unpaired) electrons. The number of benzene rings is 2. The van der Waals surface area contributed by atoms with E-state index in [4.69, 9.17) is 14.2 Å². The molecule has 1 amide bonds. The summed E-state index contributed by atoms with van der Waals surface area (Å²) in [5.74, 6) is 0.535. The van der Waals surface area contributed by atoms with E-state index in [-0.39, 0.29) is 12.5 Å². The number of carbonyl (C=O) groups is 2. The van der Waals surface area contributed by atoms with Crippen molar-refractivity contribution in [2.45, 2.75) is 26.2 Å². The Balaban J connectivity index is 1.93. The van der Waals surface area contributed by atoms with E-state index in [2.05, 4.69) is 19.2 Å². The lowest BCUT2D eigenvalue weighted by molar-refractivity contribution is -0.142. The van der Waals surface area contributed by atoms with E-state index >= 15 is 0 Å². The van der Waals surface area contributed by atoms with Crippen LogP contribution in [-0.4, -0.2) is 32.7 Å². The number of rotatable bonds is 9. The second kappa shape index (κ2) is 10.9. The Morgan fingerprint density at radius 3 is 2.34 bits per heavy atom. The quantitative estimate of drug-likeness (QED) is 0.501. The molecular weight excluding hydrogens is 370 g/mol. The molecule has 0 bridgehead atoms. The number of hydrogen-bond donors (Lipinski definition) is 1. The summed E-state index contributed by atoms with van der Waals surface area (Å²) in [6.07, 6.45) is 3.79. The molecule has 2 aromatic carbocycles. The number of para-hydroxylation sites is 1. The van der Waals surface area contributed by atoms with E-state index in [1.54, 1.807) is 38.5 Å². The highest BCUT2D eigenvalue weighted by atomic mass is 16.5. The predicted octanol–water partition coefficient (Wildman–Crippen LogP) is 4.41. The van der Waals surface area contributed by atoms with Gasteiger partial charge in [0.25, 0.3) is 5.91 Å². The Morgan fingerprint density at radius 2 is 1.72 bits per heavy atom. The van der Waals surface area contributed by atoms with Crippen molar-refractivity contribution in [2.75, 3.05) is 26.1 Å². The fraction of sp³-hybridized carbons (Fsp3) is 0.304. The van der Waals surface area contributed by atoms with Gasteiger partial charge in [-0.1, -0.05) is 32.0 Å². The molecule has 0 heterocycles. The molecule has 0 aliphatic carbocycles. The first-order valence-electron chi connectivity index (χ1n) is 9.43. The fourth-order valence-corrected chi connectivity index (χ4v) is 2.72. The second-order valence-corrected chi connectivity index (χ2v) is 6.53. The van der Waals surface area contributed by atoms with Crippen LogP contribution in [0.1, 0.15) is 37.3 Å². The highest BCUT2D eigenvalue weighted by Crippen LogP contribution is 2.26. The van der Waals surface area contributed by atoms with Crippen LogP contribution in [0.4, 0.5) is 5.69 Å². The first-order chi connectivity index (χ1) is 14.0. The Morgan fingerprint density at radius 1 is 1.07 bits per heavy atom. The minimum Gasteiger partial charge on any atom is -0.497 e. The first-order valence-corrected chi connectivity index (χ1v) is 9.43. The second-order valence-electron chi connectivity index (χ2n) is 6.53. The van der Waals surface area contributed by atoms with Gasteiger partial charge in [0.05, 0.1) is 14.2 Å². The lowest BCUT2D eigenvalue weighted by Crippen LogP contribution is -2.21. The molecule has 154 valence electrons. The van der Waals surface area contributed by atoms with Gasteiger partial charge in [-0.15, -0.1) is 0 Å². The van der Waals surface area contributed by atoms with Gasteiger partial charge >= 0.3 is 5.97 Å². The molecule has 6 heteroatoms. The maximum atomic E-state index is 12.2. The Kier molecular flexibility index (Phi) is 8.27. The molecular formula is C23H27NO5. The third-order valence-electron chi connectivity index (χ3n) is 4.51. The average molecular weight is 397 g/mol. The summed E-state index contributed by atoms with van der Waals surface area (Å²) >= 11 is 0. The van der Waals surface area contributed by atoms with Gasteiger partial charge in [-0.05, 0) is 47.7 Å². The van der Waals surface area contributed by atoms with Crippen molar-refractivity contribution in [1.82, 2.24) is 0 Å². The molecule has 0 aliphatic rings. The van der Waals surface area contributed by atoms with E-state index in [0.717, 1.165) is 17.7 Å². The van der Waals surface area contributed by atoms with Gasteiger partial charge in [0, 0.05) is 17.8 Å². The van der Waals surface area contributed by atoms with Gasteiger partial charge in [0.2, 0.25) is 0 Å². The maximum absolute atomic E-state index is 12.2. The molecule has 2 rings (SSSR count). The molecule has 2 aromatic rings. The molecule has 1 N–H and O–H groups in total. The molecule has 1 atom stereocenters. The molecule has 0 unspecified atom stereocenters. The lowest BCUT2D eigenvalue weighted by Gasteiger charge is -2.15. The van der Waals surface area contributed by atoms with E-state index < -0.39 is 5.97 Å². The molecule has 6 nitrogen and oxygen atoms in total. The zero-order valence-corrected chi connectivity index (χ0v) is 17.2. The summed E-state index contributed by atoms with van der Waals surface area (Å²) in [7, 11) is 3.10.